The van der Waals surface area contributed by atoms with Crippen molar-refractivity contribution in [1.82, 2.24) is 4.57 Å². The van der Waals surface area contributed by atoms with Crippen molar-refractivity contribution in [2.75, 3.05) is 0 Å². The van der Waals surface area contributed by atoms with E-state index in [0.717, 1.165) is 11.3 Å². The van der Waals surface area contributed by atoms with Crippen LogP contribution >= 0.6 is 34.5 Å². The lowest BCUT2D eigenvalue weighted by Gasteiger charge is -2.26. The fourth-order valence-corrected chi connectivity index (χ4v) is 5.85. The van der Waals surface area contributed by atoms with Crippen LogP contribution in [0.3, 0.4) is 0 Å². The van der Waals surface area contributed by atoms with E-state index in [0.29, 0.717) is 26.8 Å². The number of esters is 1. The molecule has 0 saturated carbocycles. The van der Waals surface area contributed by atoms with Crippen LogP contribution in [0.5, 0.6) is 0 Å². The summed E-state index contributed by atoms with van der Waals surface area (Å²) in [4.78, 5) is 42.9. The third-order valence-electron chi connectivity index (χ3n) is 6.11. The summed E-state index contributed by atoms with van der Waals surface area (Å²) in [6.07, 6.45) is 1.15. The van der Waals surface area contributed by atoms with Gasteiger partial charge in [0.15, 0.2) is 4.80 Å². The number of aromatic nitrogens is 1. The van der Waals surface area contributed by atoms with Crippen LogP contribution in [0.25, 0.3) is 17.4 Å². The minimum atomic E-state index is -0.859. The molecule has 0 N–H and O–H groups in total. The summed E-state index contributed by atoms with van der Waals surface area (Å²) < 4.78 is 13.1. The number of benzene rings is 2. The standard InChI is InChI=1S/C28H21Cl2N3O6S/c1-14(2)38-27(35)24-15(3)31-28-32(25(24)18-6-4-5-7-20(18)30)26(34)23(40-28)13-17-9-11-22(39-17)19-10-8-16(29)12-21(19)33(36)37/h4-14,25H,1-3H3. The Balaban J connectivity index is 1.65. The fraction of sp³-hybridized carbons (Fsp3) is 0.179. The molecule has 12 heteroatoms. The molecule has 0 amide bonds. The second-order valence-electron chi connectivity index (χ2n) is 9.18. The summed E-state index contributed by atoms with van der Waals surface area (Å²) in [5.74, 6) is -0.0458. The molecule has 0 radical (unpaired) electrons. The quantitative estimate of drug-likeness (QED) is 0.161. The molecule has 5 rings (SSSR count). The lowest BCUT2D eigenvalue weighted by molar-refractivity contribution is -0.384. The summed E-state index contributed by atoms with van der Waals surface area (Å²) in [6, 6.07) is 13.6. The number of hydrogen-bond donors (Lipinski definition) is 0. The molecule has 1 unspecified atom stereocenters. The number of halogens is 2. The summed E-state index contributed by atoms with van der Waals surface area (Å²) in [7, 11) is 0. The third-order valence-corrected chi connectivity index (χ3v) is 7.67. The van der Waals surface area contributed by atoms with Crippen molar-refractivity contribution in [1.29, 1.82) is 0 Å². The summed E-state index contributed by atoms with van der Waals surface area (Å²) in [5.41, 5.74) is 0.820. The van der Waals surface area contributed by atoms with Crippen LogP contribution < -0.4 is 14.9 Å². The first-order valence-electron chi connectivity index (χ1n) is 12.1. The number of rotatable bonds is 6. The van der Waals surface area contributed by atoms with E-state index >= 15 is 0 Å². The maximum atomic E-state index is 13.8. The Hall–Kier alpha value is -3.99. The van der Waals surface area contributed by atoms with E-state index in [4.69, 9.17) is 32.4 Å². The molecule has 0 bridgehead atoms. The molecule has 0 spiro atoms. The molecule has 2 aromatic heterocycles. The first kappa shape index (κ1) is 27.6. The summed E-state index contributed by atoms with van der Waals surface area (Å²) in [5, 5.41) is 12.1. The van der Waals surface area contributed by atoms with Crippen LogP contribution in [0, 0.1) is 10.1 Å². The molecular formula is C28H21Cl2N3O6S. The smallest absolute Gasteiger partial charge is 0.338 e. The van der Waals surface area contributed by atoms with Gasteiger partial charge in [-0.25, -0.2) is 9.79 Å². The molecule has 0 saturated heterocycles. The summed E-state index contributed by atoms with van der Waals surface area (Å²) >= 11 is 13.6. The number of furan rings is 1. The van der Waals surface area contributed by atoms with E-state index < -0.39 is 22.5 Å². The molecule has 3 heterocycles. The molecule has 0 fully saturated rings. The van der Waals surface area contributed by atoms with Gasteiger partial charge >= 0.3 is 5.97 Å². The number of carbonyl (C=O) groups is 1. The van der Waals surface area contributed by atoms with E-state index in [1.807, 2.05) is 0 Å². The number of nitro groups is 1. The van der Waals surface area contributed by atoms with Crippen molar-refractivity contribution < 1.29 is 18.9 Å². The summed E-state index contributed by atoms with van der Waals surface area (Å²) in [6.45, 7) is 5.17. The Labute approximate surface area is 241 Å². The number of fused-ring (bicyclic) bond motifs is 1. The van der Waals surface area contributed by atoms with Crippen molar-refractivity contribution in [2.24, 2.45) is 4.99 Å². The highest BCUT2D eigenvalue weighted by molar-refractivity contribution is 7.07. The van der Waals surface area contributed by atoms with Gasteiger partial charge in [-0.15, -0.1) is 0 Å². The number of ether oxygens (including phenoxy) is 1. The number of nitro benzene ring substituents is 1. The predicted octanol–water partition coefficient (Wildman–Crippen LogP) is 5.66. The number of thiazole rings is 1. The first-order valence-corrected chi connectivity index (χ1v) is 13.6. The van der Waals surface area contributed by atoms with Crippen LogP contribution in [-0.4, -0.2) is 21.6 Å². The molecule has 1 atom stereocenters. The molecule has 9 nitrogen and oxygen atoms in total. The maximum Gasteiger partial charge on any atom is 0.338 e. The first-order chi connectivity index (χ1) is 19.0. The van der Waals surface area contributed by atoms with E-state index in [-0.39, 0.29) is 38.2 Å². The maximum absolute atomic E-state index is 13.8. The minimum Gasteiger partial charge on any atom is -0.459 e. The van der Waals surface area contributed by atoms with E-state index in [2.05, 4.69) is 4.99 Å². The van der Waals surface area contributed by atoms with Gasteiger partial charge in [-0.1, -0.05) is 52.7 Å². The molecular weight excluding hydrogens is 577 g/mol. The van der Waals surface area contributed by atoms with E-state index in [1.54, 1.807) is 57.2 Å². The zero-order valence-electron chi connectivity index (χ0n) is 21.4. The van der Waals surface area contributed by atoms with E-state index in [9.17, 15) is 19.7 Å². The average molecular weight is 598 g/mol. The molecule has 1 aliphatic heterocycles. The molecule has 2 aromatic carbocycles. The largest absolute Gasteiger partial charge is 0.459 e. The van der Waals surface area contributed by atoms with Gasteiger partial charge in [0.2, 0.25) is 0 Å². The van der Waals surface area contributed by atoms with Crippen LogP contribution in [-0.2, 0) is 9.53 Å². The highest BCUT2D eigenvalue weighted by Gasteiger charge is 2.35. The van der Waals surface area contributed by atoms with Gasteiger partial charge in [-0.2, -0.15) is 0 Å². The SMILES string of the molecule is CC1=C(C(=O)OC(C)C)C(c2ccccc2Cl)n2c(sc(=Cc3ccc(-c4ccc(Cl)cc4[N+](=O)[O-])o3)c2=O)=N1. The molecule has 1 aliphatic rings. The van der Waals surface area contributed by atoms with Gasteiger partial charge in [0.05, 0.1) is 32.4 Å². The van der Waals surface area contributed by atoms with Gasteiger partial charge in [-0.3, -0.25) is 19.5 Å². The Morgan fingerprint density at radius 3 is 2.65 bits per heavy atom. The predicted molar refractivity (Wildman–Crippen MR) is 152 cm³/mol. The van der Waals surface area contributed by atoms with Crippen LogP contribution in [0.4, 0.5) is 5.69 Å². The Kier molecular flexibility index (Phi) is 7.50. The zero-order valence-corrected chi connectivity index (χ0v) is 23.7. The van der Waals surface area contributed by atoms with Gasteiger partial charge in [0.1, 0.15) is 17.6 Å². The highest BCUT2D eigenvalue weighted by atomic mass is 35.5. The van der Waals surface area contributed by atoms with Crippen molar-refractivity contribution in [3.63, 3.8) is 0 Å². The van der Waals surface area contributed by atoms with Crippen LogP contribution in [0.2, 0.25) is 10.0 Å². The fourth-order valence-electron chi connectivity index (χ4n) is 4.42. The molecule has 204 valence electrons. The highest BCUT2D eigenvalue weighted by Crippen LogP contribution is 2.35. The Morgan fingerprint density at radius 1 is 1.20 bits per heavy atom. The van der Waals surface area contributed by atoms with Crippen molar-refractivity contribution in [3.8, 4) is 11.3 Å². The average Bonchev–Trinajstić information content (AvgIpc) is 3.47. The van der Waals surface area contributed by atoms with Crippen molar-refractivity contribution >= 4 is 52.3 Å². The Morgan fingerprint density at radius 2 is 1.95 bits per heavy atom. The number of allylic oxidation sites excluding steroid dienone is 1. The second kappa shape index (κ2) is 10.9. The van der Waals surface area contributed by atoms with Crippen LogP contribution in [0.15, 0.2) is 80.1 Å². The van der Waals surface area contributed by atoms with Gasteiger partial charge in [0.25, 0.3) is 11.2 Å². The number of nitrogens with zero attached hydrogens (tertiary/aromatic N) is 3. The Bertz CT molecular complexity index is 1890. The molecule has 0 aliphatic carbocycles. The topological polar surface area (TPSA) is 117 Å². The lowest BCUT2D eigenvalue weighted by atomic mass is 9.96. The normalized spacial score (nSPS) is 15.2. The minimum absolute atomic E-state index is 0.205. The second-order valence-corrected chi connectivity index (χ2v) is 11.0. The monoisotopic (exact) mass is 597 g/mol. The van der Waals surface area contributed by atoms with E-state index in [1.165, 1.54) is 28.8 Å². The molecule has 4 aromatic rings. The van der Waals surface area contributed by atoms with Crippen molar-refractivity contribution in [3.05, 3.63) is 117 Å². The van der Waals surface area contributed by atoms with Crippen LogP contribution in [0.1, 0.15) is 38.1 Å². The third kappa shape index (κ3) is 5.13. The van der Waals surface area contributed by atoms with Gasteiger partial charge in [-0.05, 0) is 56.7 Å². The number of carbonyl (C=O) groups excluding carboxylic acids is 1. The van der Waals surface area contributed by atoms with Gasteiger partial charge in [0, 0.05) is 22.2 Å². The number of hydrogen-bond acceptors (Lipinski definition) is 8. The van der Waals surface area contributed by atoms with Gasteiger partial charge < -0.3 is 9.15 Å². The zero-order chi connectivity index (χ0) is 28.7. The van der Waals surface area contributed by atoms with Crippen molar-refractivity contribution in [2.45, 2.75) is 32.9 Å². The lowest BCUT2D eigenvalue weighted by Crippen LogP contribution is -2.40. The molecule has 40 heavy (non-hydrogen) atoms.